The number of ketones is 1. The van der Waals surface area contributed by atoms with Crippen molar-refractivity contribution in [3.63, 3.8) is 0 Å². The highest BCUT2D eigenvalue weighted by Gasteiger charge is 2.66. The van der Waals surface area contributed by atoms with Crippen LogP contribution in [0.25, 0.3) is 11.3 Å². The van der Waals surface area contributed by atoms with Crippen LogP contribution >= 0.6 is 0 Å². The van der Waals surface area contributed by atoms with Gasteiger partial charge >= 0.3 is 18.2 Å². The number of hydrogen-bond donors (Lipinski definition) is 3. The number of urea groups is 1. The molecule has 1 fully saturated rings. The lowest BCUT2D eigenvalue weighted by atomic mass is 9.79. The lowest BCUT2D eigenvalue weighted by Crippen LogP contribution is -2.72. The second kappa shape index (κ2) is 9.50. The number of ether oxygens (including phenoxy) is 1. The van der Waals surface area contributed by atoms with Gasteiger partial charge in [-0.15, -0.1) is 0 Å². The van der Waals surface area contributed by atoms with Crippen molar-refractivity contribution < 1.29 is 41.8 Å². The van der Waals surface area contributed by atoms with Crippen LogP contribution in [0.4, 0.5) is 18.0 Å². The minimum absolute atomic E-state index is 0.0885. The summed E-state index contributed by atoms with van der Waals surface area (Å²) < 4.78 is 52.8. The van der Waals surface area contributed by atoms with E-state index in [4.69, 9.17) is 9.15 Å². The maximum absolute atomic E-state index is 14.0. The monoisotopic (exact) mass is 502 g/mol. The first-order chi connectivity index (χ1) is 17.0. The lowest BCUT2D eigenvalue weighted by Gasteiger charge is -2.44. The van der Waals surface area contributed by atoms with Crippen molar-refractivity contribution in [2.75, 3.05) is 6.61 Å². The Morgan fingerprint density at radius 3 is 2.31 bits per heavy atom. The van der Waals surface area contributed by atoms with Crippen LogP contribution < -0.4 is 10.6 Å². The van der Waals surface area contributed by atoms with E-state index in [2.05, 4.69) is 5.32 Å². The molecule has 1 aromatic heterocycles. The summed E-state index contributed by atoms with van der Waals surface area (Å²) in [6, 6.07) is 13.0. The SMILES string of the molecule is CCOC(=O)c1ccc(-c2ccc([C@H]3NC(=O)N[C@@](O)(C(F)(F)F)[C@H]3C(=O)c3ccccc3)o2)cc1. The van der Waals surface area contributed by atoms with Crippen molar-refractivity contribution in [3.05, 3.63) is 83.6 Å². The predicted octanol–water partition coefficient (Wildman–Crippen LogP) is 4.23. The van der Waals surface area contributed by atoms with Crippen LogP contribution in [-0.4, -0.2) is 41.4 Å². The summed E-state index contributed by atoms with van der Waals surface area (Å²) in [6.07, 6.45) is -5.38. The number of amides is 2. The van der Waals surface area contributed by atoms with E-state index in [0.29, 0.717) is 11.1 Å². The van der Waals surface area contributed by atoms with E-state index < -0.39 is 41.6 Å². The molecule has 2 aromatic carbocycles. The Kier molecular flexibility index (Phi) is 6.59. The molecule has 3 atom stereocenters. The van der Waals surface area contributed by atoms with Crippen LogP contribution in [0.1, 0.15) is 39.4 Å². The smallest absolute Gasteiger partial charge is 0.437 e. The third kappa shape index (κ3) is 4.57. The van der Waals surface area contributed by atoms with Gasteiger partial charge in [0.15, 0.2) is 5.78 Å². The molecule has 2 heterocycles. The van der Waals surface area contributed by atoms with E-state index in [0.717, 1.165) is 0 Å². The summed E-state index contributed by atoms with van der Waals surface area (Å²) >= 11 is 0. The number of furan rings is 1. The van der Waals surface area contributed by atoms with Crippen molar-refractivity contribution >= 4 is 17.8 Å². The van der Waals surface area contributed by atoms with Crippen molar-refractivity contribution in [2.24, 2.45) is 5.92 Å². The second-order valence-electron chi connectivity index (χ2n) is 8.05. The molecule has 8 nitrogen and oxygen atoms in total. The fraction of sp³-hybridized carbons (Fsp3) is 0.240. The van der Waals surface area contributed by atoms with Gasteiger partial charge in [0.2, 0.25) is 5.72 Å². The number of halogens is 3. The average Bonchev–Trinajstić information content (AvgIpc) is 3.34. The summed E-state index contributed by atoms with van der Waals surface area (Å²) in [5.74, 6) is -3.75. The third-order valence-corrected chi connectivity index (χ3v) is 5.76. The standard InChI is InChI=1S/C25H21F3N2O6/c1-2-35-22(32)16-10-8-14(9-11-16)17-12-13-18(36-17)20-19(21(31)15-6-4-3-5-7-15)24(34,25(26,27)28)30-23(33)29-20/h3-13,19-20,34H,2H2,1H3,(H2,29,30,33)/t19-,20-,24+/m1/s1. The maximum Gasteiger partial charge on any atom is 0.437 e. The van der Waals surface area contributed by atoms with Crippen LogP contribution in [0, 0.1) is 5.92 Å². The number of nitrogens with one attached hydrogen (secondary N) is 2. The highest BCUT2D eigenvalue weighted by molar-refractivity contribution is 6.00. The number of Topliss-reactive ketones (excluding diaryl/α,β-unsaturated/α-hetero) is 1. The van der Waals surface area contributed by atoms with Gasteiger partial charge in [-0.2, -0.15) is 13.2 Å². The number of aliphatic hydroxyl groups is 1. The second-order valence-corrected chi connectivity index (χ2v) is 8.05. The fourth-order valence-electron chi connectivity index (χ4n) is 4.02. The van der Waals surface area contributed by atoms with Crippen LogP contribution in [0.2, 0.25) is 0 Å². The minimum Gasteiger partial charge on any atom is -0.462 e. The van der Waals surface area contributed by atoms with E-state index in [1.54, 1.807) is 25.1 Å². The number of benzene rings is 2. The molecule has 2 amide bonds. The highest BCUT2D eigenvalue weighted by Crippen LogP contribution is 2.44. The summed E-state index contributed by atoms with van der Waals surface area (Å²) in [6.45, 7) is 1.88. The topological polar surface area (TPSA) is 118 Å². The number of hydrogen-bond acceptors (Lipinski definition) is 6. The van der Waals surface area contributed by atoms with Crippen molar-refractivity contribution in [2.45, 2.75) is 24.9 Å². The van der Waals surface area contributed by atoms with Gasteiger partial charge in [-0.05, 0) is 31.2 Å². The molecule has 4 rings (SSSR count). The molecule has 0 radical (unpaired) electrons. The number of rotatable bonds is 6. The van der Waals surface area contributed by atoms with Crippen molar-refractivity contribution in [3.8, 4) is 11.3 Å². The predicted molar refractivity (Wildman–Crippen MR) is 120 cm³/mol. The Morgan fingerprint density at radius 2 is 1.69 bits per heavy atom. The molecule has 0 spiro atoms. The van der Waals surface area contributed by atoms with Crippen LogP contribution in [0.5, 0.6) is 0 Å². The molecule has 188 valence electrons. The maximum atomic E-state index is 14.0. The molecular formula is C25H21F3N2O6. The van der Waals surface area contributed by atoms with Gasteiger partial charge in [0.25, 0.3) is 0 Å². The summed E-state index contributed by atoms with van der Waals surface area (Å²) in [5.41, 5.74) is -3.18. The van der Waals surface area contributed by atoms with Gasteiger partial charge in [0, 0.05) is 11.1 Å². The molecule has 1 saturated heterocycles. The van der Waals surface area contributed by atoms with Gasteiger partial charge in [0.1, 0.15) is 23.5 Å². The van der Waals surface area contributed by atoms with Crippen LogP contribution in [0.15, 0.2) is 71.1 Å². The Bertz CT molecular complexity index is 1270. The minimum atomic E-state index is -5.38. The van der Waals surface area contributed by atoms with Gasteiger partial charge in [-0.1, -0.05) is 42.5 Å². The zero-order valence-corrected chi connectivity index (χ0v) is 18.8. The molecule has 3 N–H and O–H groups in total. The quantitative estimate of drug-likeness (QED) is 0.343. The zero-order chi connectivity index (χ0) is 26.1. The van der Waals surface area contributed by atoms with Crippen molar-refractivity contribution in [1.82, 2.24) is 10.6 Å². The van der Waals surface area contributed by atoms with E-state index in [9.17, 15) is 32.7 Å². The average molecular weight is 502 g/mol. The molecule has 3 aromatic rings. The highest BCUT2D eigenvalue weighted by atomic mass is 19.4. The van der Waals surface area contributed by atoms with Crippen LogP contribution in [0.3, 0.4) is 0 Å². The molecule has 0 saturated carbocycles. The normalized spacial score (nSPS) is 21.9. The van der Waals surface area contributed by atoms with Gasteiger partial charge < -0.3 is 24.9 Å². The van der Waals surface area contributed by atoms with Gasteiger partial charge in [-0.3, -0.25) is 4.79 Å². The summed E-state index contributed by atoms with van der Waals surface area (Å²) in [5, 5.41) is 14.4. The molecular weight excluding hydrogens is 481 g/mol. The Morgan fingerprint density at radius 1 is 1.03 bits per heavy atom. The third-order valence-electron chi connectivity index (χ3n) is 5.76. The fourth-order valence-corrected chi connectivity index (χ4v) is 4.02. The van der Waals surface area contributed by atoms with E-state index >= 15 is 0 Å². The van der Waals surface area contributed by atoms with Gasteiger partial charge in [-0.25, -0.2) is 9.59 Å². The molecule has 1 aliphatic rings. The lowest BCUT2D eigenvalue weighted by molar-refractivity contribution is -0.288. The zero-order valence-electron chi connectivity index (χ0n) is 18.8. The summed E-state index contributed by atoms with van der Waals surface area (Å²) in [7, 11) is 0. The number of esters is 1. The van der Waals surface area contributed by atoms with Gasteiger partial charge in [0.05, 0.1) is 12.2 Å². The Hall–Kier alpha value is -4.12. The molecule has 0 unspecified atom stereocenters. The molecule has 0 bridgehead atoms. The Labute approximate surface area is 203 Å². The first-order valence-electron chi connectivity index (χ1n) is 10.9. The molecule has 36 heavy (non-hydrogen) atoms. The van der Waals surface area contributed by atoms with Crippen LogP contribution in [-0.2, 0) is 4.74 Å². The first-order valence-corrected chi connectivity index (χ1v) is 10.9. The van der Waals surface area contributed by atoms with E-state index in [1.807, 2.05) is 0 Å². The molecule has 1 aliphatic heterocycles. The largest absolute Gasteiger partial charge is 0.462 e. The van der Waals surface area contributed by atoms with Crippen molar-refractivity contribution in [1.29, 1.82) is 0 Å². The number of alkyl halides is 3. The first kappa shape index (κ1) is 25.0. The van der Waals surface area contributed by atoms with E-state index in [1.165, 1.54) is 53.8 Å². The summed E-state index contributed by atoms with van der Waals surface area (Å²) in [4.78, 5) is 37.3. The molecule has 0 aliphatic carbocycles. The number of carbonyl (C=O) groups excluding carboxylic acids is 3. The Balaban J connectivity index is 1.72. The molecule has 11 heteroatoms. The van der Waals surface area contributed by atoms with E-state index in [-0.39, 0.29) is 23.7 Å². The number of carbonyl (C=O) groups is 3.